The lowest BCUT2D eigenvalue weighted by molar-refractivity contribution is 0.0915. The number of benzene rings is 1. The summed E-state index contributed by atoms with van der Waals surface area (Å²) in [5.74, 6) is 1.05. The Morgan fingerprint density at radius 1 is 1.26 bits per heavy atom. The number of anilines is 1. The second-order valence-corrected chi connectivity index (χ2v) is 5.25. The van der Waals surface area contributed by atoms with E-state index in [1.54, 1.807) is 0 Å². The fraction of sp³-hybridized carbons (Fsp3) is 0.533. The summed E-state index contributed by atoms with van der Waals surface area (Å²) in [6.07, 6.45) is 3.73. The SMILES string of the molecule is O=C(CN1CCCCC1)c1ccc2c(c1)NCCO2. The van der Waals surface area contributed by atoms with Gasteiger partial charge in [0.1, 0.15) is 12.4 Å². The Morgan fingerprint density at radius 3 is 2.95 bits per heavy atom. The van der Waals surface area contributed by atoms with Crippen LogP contribution in [-0.4, -0.2) is 43.5 Å². The number of hydrogen-bond acceptors (Lipinski definition) is 4. The van der Waals surface area contributed by atoms with E-state index in [2.05, 4.69) is 10.2 Å². The first kappa shape index (κ1) is 12.5. The summed E-state index contributed by atoms with van der Waals surface area (Å²) >= 11 is 0. The predicted molar refractivity (Wildman–Crippen MR) is 75.0 cm³/mol. The molecular weight excluding hydrogens is 240 g/mol. The molecule has 4 heteroatoms. The van der Waals surface area contributed by atoms with Gasteiger partial charge in [-0.05, 0) is 44.1 Å². The zero-order chi connectivity index (χ0) is 13.1. The van der Waals surface area contributed by atoms with Crippen molar-refractivity contribution in [1.29, 1.82) is 0 Å². The molecule has 102 valence electrons. The van der Waals surface area contributed by atoms with Crippen LogP contribution in [0.5, 0.6) is 5.75 Å². The molecule has 1 saturated heterocycles. The van der Waals surface area contributed by atoms with Gasteiger partial charge in [-0.3, -0.25) is 9.69 Å². The van der Waals surface area contributed by atoms with Gasteiger partial charge in [-0.15, -0.1) is 0 Å². The highest BCUT2D eigenvalue weighted by molar-refractivity contribution is 5.98. The van der Waals surface area contributed by atoms with E-state index in [9.17, 15) is 4.79 Å². The normalized spacial score (nSPS) is 19.2. The van der Waals surface area contributed by atoms with Crippen LogP contribution in [0.2, 0.25) is 0 Å². The average Bonchev–Trinajstić information content (AvgIpc) is 2.48. The van der Waals surface area contributed by atoms with Crippen LogP contribution in [0.15, 0.2) is 18.2 Å². The number of ether oxygens (including phenoxy) is 1. The molecule has 3 rings (SSSR count). The molecule has 0 spiro atoms. The smallest absolute Gasteiger partial charge is 0.176 e. The third-order valence-electron chi connectivity index (χ3n) is 3.79. The minimum absolute atomic E-state index is 0.206. The van der Waals surface area contributed by atoms with Crippen molar-refractivity contribution >= 4 is 11.5 Å². The molecule has 0 amide bonds. The van der Waals surface area contributed by atoms with Gasteiger partial charge in [0.15, 0.2) is 5.78 Å². The monoisotopic (exact) mass is 260 g/mol. The molecule has 0 atom stereocenters. The zero-order valence-corrected chi connectivity index (χ0v) is 11.2. The van der Waals surface area contributed by atoms with Crippen molar-refractivity contribution in [2.24, 2.45) is 0 Å². The van der Waals surface area contributed by atoms with Crippen LogP contribution >= 0.6 is 0 Å². The molecule has 0 unspecified atom stereocenters. The van der Waals surface area contributed by atoms with E-state index in [0.29, 0.717) is 13.2 Å². The molecule has 0 saturated carbocycles. The van der Waals surface area contributed by atoms with E-state index in [4.69, 9.17) is 4.74 Å². The summed E-state index contributed by atoms with van der Waals surface area (Å²) in [5.41, 5.74) is 1.72. The number of nitrogens with zero attached hydrogens (tertiary/aromatic N) is 1. The third kappa shape index (κ3) is 2.89. The second-order valence-electron chi connectivity index (χ2n) is 5.25. The van der Waals surface area contributed by atoms with Crippen LogP contribution in [0.1, 0.15) is 29.6 Å². The lowest BCUT2D eigenvalue weighted by atomic mass is 10.1. The number of Topliss-reactive ketones (excluding diaryl/α,β-unsaturated/α-hetero) is 1. The maximum Gasteiger partial charge on any atom is 0.176 e. The molecular formula is C15H20N2O2. The summed E-state index contributed by atoms with van der Waals surface area (Å²) in [7, 11) is 0. The van der Waals surface area contributed by atoms with E-state index in [-0.39, 0.29) is 5.78 Å². The highest BCUT2D eigenvalue weighted by Gasteiger charge is 2.17. The minimum Gasteiger partial charge on any atom is -0.490 e. The summed E-state index contributed by atoms with van der Waals surface area (Å²) in [5, 5.41) is 3.27. The molecule has 1 fully saturated rings. The Hall–Kier alpha value is -1.55. The van der Waals surface area contributed by atoms with Gasteiger partial charge in [0.25, 0.3) is 0 Å². The predicted octanol–water partition coefficient (Wildman–Crippen LogP) is 2.16. The standard InChI is InChI=1S/C15H20N2O2/c18-14(11-17-7-2-1-3-8-17)12-4-5-15-13(10-12)16-6-9-19-15/h4-5,10,16H,1-3,6-9,11H2. The Balaban J connectivity index is 1.69. The van der Waals surface area contributed by atoms with Crippen molar-refractivity contribution in [2.75, 3.05) is 38.1 Å². The quantitative estimate of drug-likeness (QED) is 0.846. The zero-order valence-electron chi connectivity index (χ0n) is 11.2. The molecule has 1 aromatic carbocycles. The number of carbonyl (C=O) groups excluding carboxylic acids is 1. The minimum atomic E-state index is 0.206. The van der Waals surface area contributed by atoms with Gasteiger partial charge in [0.2, 0.25) is 0 Å². The topological polar surface area (TPSA) is 41.6 Å². The molecule has 0 bridgehead atoms. The van der Waals surface area contributed by atoms with Crippen LogP contribution in [-0.2, 0) is 0 Å². The fourth-order valence-electron chi connectivity index (χ4n) is 2.73. The molecule has 0 aliphatic carbocycles. The van der Waals surface area contributed by atoms with Gasteiger partial charge >= 0.3 is 0 Å². The Morgan fingerprint density at radius 2 is 2.11 bits per heavy atom. The fourth-order valence-corrected chi connectivity index (χ4v) is 2.73. The molecule has 19 heavy (non-hydrogen) atoms. The lowest BCUT2D eigenvalue weighted by Gasteiger charge is -2.26. The number of piperidine rings is 1. The molecule has 2 heterocycles. The maximum absolute atomic E-state index is 12.3. The van der Waals surface area contributed by atoms with Crippen LogP contribution < -0.4 is 10.1 Å². The number of carbonyl (C=O) groups is 1. The number of nitrogens with one attached hydrogen (secondary N) is 1. The Bertz CT molecular complexity index is 467. The number of hydrogen-bond donors (Lipinski definition) is 1. The van der Waals surface area contributed by atoms with Gasteiger partial charge in [0.05, 0.1) is 12.2 Å². The molecule has 0 aromatic heterocycles. The summed E-state index contributed by atoms with van der Waals surface area (Å²) in [6.45, 7) is 4.14. The number of fused-ring (bicyclic) bond motifs is 1. The second kappa shape index (κ2) is 5.61. The molecule has 2 aliphatic heterocycles. The van der Waals surface area contributed by atoms with Gasteiger partial charge < -0.3 is 10.1 Å². The third-order valence-corrected chi connectivity index (χ3v) is 3.79. The first-order valence-corrected chi connectivity index (χ1v) is 7.09. The van der Waals surface area contributed by atoms with Crippen molar-refractivity contribution < 1.29 is 9.53 Å². The van der Waals surface area contributed by atoms with Crippen molar-refractivity contribution in [2.45, 2.75) is 19.3 Å². The van der Waals surface area contributed by atoms with E-state index >= 15 is 0 Å². The molecule has 1 aromatic rings. The van der Waals surface area contributed by atoms with Gasteiger partial charge in [0, 0.05) is 12.1 Å². The Kier molecular flexibility index (Phi) is 3.69. The van der Waals surface area contributed by atoms with Crippen molar-refractivity contribution in [1.82, 2.24) is 4.90 Å². The lowest BCUT2D eigenvalue weighted by Crippen LogP contribution is -2.34. The van der Waals surface area contributed by atoms with Crippen LogP contribution in [0.3, 0.4) is 0 Å². The summed E-state index contributed by atoms with van der Waals surface area (Å²) in [6, 6.07) is 5.68. The van der Waals surface area contributed by atoms with Gasteiger partial charge in [-0.25, -0.2) is 0 Å². The maximum atomic E-state index is 12.3. The van der Waals surface area contributed by atoms with Crippen molar-refractivity contribution in [3.05, 3.63) is 23.8 Å². The summed E-state index contributed by atoms with van der Waals surface area (Å²) in [4.78, 5) is 14.5. The first-order chi connectivity index (χ1) is 9.33. The van der Waals surface area contributed by atoms with Crippen molar-refractivity contribution in [3.63, 3.8) is 0 Å². The summed E-state index contributed by atoms with van der Waals surface area (Å²) < 4.78 is 5.52. The van der Waals surface area contributed by atoms with E-state index in [0.717, 1.165) is 36.6 Å². The molecule has 2 aliphatic rings. The van der Waals surface area contributed by atoms with E-state index in [1.807, 2.05) is 18.2 Å². The van der Waals surface area contributed by atoms with Gasteiger partial charge in [-0.1, -0.05) is 6.42 Å². The average molecular weight is 260 g/mol. The molecule has 0 radical (unpaired) electrons. The van der Waals surface area contributed by atoms with Crippen molar-refractivity contribution in [3.8, 4) is 5.75 Å². The number of rotatable bonds is 3. The van der Waals surface area contributed by atoms with Crippen LogP contribution in [0.25, 0.3) is 0 Å². The highest BCUT2D eigenvalue weighted by Crippen LogP contribution is 2.28. The largest absolute Gasteiger partial charge is 0.490 e. The van der Waals surface area contributed by atoms with E-state index < -0.39 is 0 Å². The first-order valence-electron chi connectivity index (χ1n) is 7.09. The van der Waals surface area contributed by atoms with Crippen LogP contribution in [0, 0.1) is 0 Å². The van der Waals surface area contributed by atoms with Gasteiger partial charge in [-0.2, -0.15) is 0 Å². The highest BCUT2D eigenvalue weighted by atomic mass is 16.5. The Labute approximate surface area is 113 Å². The number of likely N-dealkylation sites (tertiary alicyclic amines) is 1. The molecule has 1 N–H and O–H groups in total. The molecule has 4 nitrogen and oxygen atoms in total. The van der Waals surface area contributed by atoms with Crippen LogP contribution in [0.4, 0.5) is 5.69 Å². The van der Waals surface area contributed by atoms with E-state index in [1.165, 1.54) is 19.3 Å². The number of ketones is 1.